The number of carbonyl (C=O) groups is 1. The van der Waals surface area contributed by atoms with Gasteiger partial charge in [-0.15, -0.1) is 5.75 Å². The van der Waals surface area contributed by atoms with Crippen molar-refractivity contribution in [1.82, 2.24) is 5.10 Å². The fourth-order valence-corrected chi connectivity index (χ4v) is 4.19. The highest BCUT2D eigenvalue weighted by molar-refractivity contribution is 7.10. The molecule has 1 aromatic heterocycles. The van der Waals surface area contributed by atoms with Crippen LogP contribution in [0, 0.1) is 34.6 Å². The molecule has 1 unspecified atom stereocenters. The summed E-state index contributed by atoms with van der Waals surface area (Å²) in [5.41, 5.74) is 2.35. The number of hydrogen-bond donors (Lipinski definition) is 0. The smallest absolute Gasteiger partial charge is 0.262 e. The molecular formula is C19H24N2O3S. The lowest BCUT2D eigenvalue weighted by molar-refractivity contribution is -0.743. The van der Waals surface area contributed by atoms with E-state index in [-0.39, 0.29) is 18.1 Å². The minimum Gasteiger partial charge on any atom is -0.872 e. The highest BCUT2D eigenvalue weighted by atomic mass is 32.1. The summed E-state index contributed by atoms with van der Waals surface area (Å²) >= 11 is 1.58. The van der Waals surface area contributed by atoms with Gasteiger partial charge in [0.1, 0.15) is 5.75 Å². The van der Waals surface area contributed by atoms with E-state index in [2.05, 4.69) is 5.10 Å². The first-order chi connectivity index (χ1) is 11.6. The van der Waals surface area contributed by atoms with Crippen LogP contribution in [0.3, 0.4) is 0 Å². The second-order valence-electron chi connectivity index (χ2n) is 7.07. The number of hydrogen-bond acceptors (Lipinski definition) is 5. The van der Waals surface area contributed by atoms with Gasteiger partial charge < -0.3 is 9.84 Å². The maximum atomic E-state index is 13.0. The van der Waals surface area contributed by atoms with Crippen molar-refractivity contribution in [3.8, 4) is 11.5 Å². The molecule has 0 N–H and O–H groups in total. The van der Waals surface area contributed by atoms with E-state index in [1.807, 2.05) is 41.5 Å². The molecule has 2 aromatic rings. The first-order valence-corrected chi connectivity index (χ1v) is 9.32. The Morgan fingerprint density at radius 3 is 2.52 bits per heavy atom. The Kier molecular flexibility index (Phi) is 4.35. The number of fused-ring (bicyclic) bond motifs is 1. The Bertz CT molecular complexity index is 872. The lowest BCUT2D eigenvalue weighted by Gasteiger charge is -2.37. The standard InChI is InChI=1S/C19H24N2O3S/c1-10-11(2)18-15(12(3)17(10)23)7-8-19(6,24-18)16(22)9-21-14(5)25-13(4)20-21/h7-9H2,1-6H3. The molecule has 0 radical (unpaired) electrons. The molecule has 134 valence electrons. The van der Waals surface area contributed by atoms with Crippen LogP contribution < -0.4 is 14.5 Å². The SMILES string of the molecule is Cc1n[n+](CC(=O)C2(C)CCc3c(C)c([O-])c(C)c(C)c3O2)c(C)s1. The third-order valence-electron chi connectivity index (χ3n) is 5.29. The van der Waals surface area contributed by atoms with Crippen LogP contribution in [0.5, 0.6) is 11.5 Å². The number of ketones is 1. The van der Waals surface area contributed by atoms with Gasteiger partial charge in [-0.05, 0) is 58.6 Å². The van der Waals surface area contributed by atoms with E-state index in [4.69, 9.17) is 4.74 Å². The second kappa shape index (κ2) is 6.09. The molecule has 5 nitrogen and oxygen atoms in total. The van der Waals surface area contributed by atoms with Crippen LogP contribution in [-0.2, 0) is 17.8 Å². The Hall–Kier alpha value is -1.95. The molecule has 0 bridgehead atoms. The summed E-state index contributed by atoms with van der Waals surface area (Å²) in [6.07, 6.45) is 1.25. The van der Waals surface area contributed by atoms with Crippen molar-refractivity contribution < 1.29 is 19.3 Å². The Balaban J connectivity index is 1.93. The molecule has 1 aliphatic rings. The predicted octanol–water partition coefficient (Wildman–Crippen LogP) is 2.40. The molecule has 1 atom stereocenters. The Morgan fingerprint density at radius 2 is 1.92 bits per heavy atom. The Labute approximate surface area is 152 Å². The van der Waals surface area contributed by atoms with E-state index in [0.29, 0.717) is 24.2 Å². The van der Waals surface area contributed by atoms with Crippen LogP contribution >= 0.6 is 11.3 Å². The van der Waals surface area contributed by atoms with Gasteiger partial charge >= 0.3 is 0 Å². The number of nitrogens with zero attached hydrogens (tertiary/aromatic N) is 2. The first-order valence-electron chi connectivity index (χ1n) is 8.50. The van der Waals surface area contributed by atoms with E-state index in [1.54, 1.807) is 16.0 Å². The number of rotatable bonds is 3. The molecule has 0 spiro atoms. The molecule has 2 heterocycles. The molecule has 0 aliphatic carbocycles. The summed E-state index contributed by atoms with van der Waals surface area (Å²) in [4.78, 5) is 13.0. The normalized spacial score (nSPS) is 19.4. The van der Waals surface area contributed by atoms with Crippen molar-refractivity contribution in [2.24, 2.45) is 0 Å². The molecule has 0 amide bonds. The monoisotopic (exact) mass is 360 g/mol. The average Bonchev–Trinajstić information content (AvgIpc) is 2.88. The summed E-state index contributed by atoms with van der Waals surface area (Å²) in [7, 11) is 0. The molecule has 6 heteroatoms. The van der Waals surface area contributed by atoms with Crippen molar-refractivity contribution in [3.05, 3.63) is 32.3 Å². The van der Waals surface area contributed by atoms with Crippen LogP contribution in [0.1, 0.15) is 45.6 Å². The lowest BCUT2D eigenvalue weighted by atomic mass is 9.85. The van der Waals surface area contributed by atoms with Crippen molar-refractivity contribution in [3.63, 3.8) is 0 Å². The van der Waals surface area contributed by atoms with Crippen LogP contribution in [0.4, 0.5) is 0 Å². The number of aromatic nitrogens is 2. The number of benzene rings is 1. The fourth-order valence-electron chi connectivity index (χ4n) is 3.41. The predicted molar refractivity (Wildman–Crippen MR) is 94.2 cm³/mol. The van der Waals surface area contributed by atoms with Crippen LogP contribution in [0.25, 0.3) is 0 Å². The van der Waals surface area contributed by atoms with Gasteiger partial charge in [-0.25, -0.2) is 0 Å². The van der Waals surface area contributed by atoms with Crippen molar-refractivity contribution in [2.75, 3.05) is 0 Å². The molecule has 0 fully saturated rings. The van der Waals surface area contributed by atoms with E-state index in [0.717, 1.165) is 26.7 Å². The minimum atomic E-state index is -0.891. The molecule has 0 saturated carbocycles. The van der Waals surface area contributed by atoms with Crippen molar-refractivity contribution in [2.45, 2.75) is 66.5 Å². The summed E-state index contributed by atoms with van der Waals surface area (Å²) in [5, 5.41) is 18.6. The van der Waals surface area contributed by atoms with Gasteiger partial charge in [0.25, 0.3) is 5.01 Å². The van der Waals surface area contributed by atoms with Gasteiger partial charge in [0.05, 0.1) is 0 Å². The maximum Gasteiger partial charge on any atom is 0.262 e. The molecule has 3 rings (SSSR count). The van der Waals surface area contributed by atoms with Gasteiger partial charge in [-0.2, -0.15) is 0 Å². The summed E-state index contributed by atoms with van der Waals surface area (Å²) in [6.45, 7) is 11.5. The van der Waals surface area contributed by atoms with E-state index in [9.17, 15) is 9.90 Å². The highest BCUT2D eigenvalue weighted by Gasteiger charge is 2.42. The fraction of sp³-hybridized carbons (Fsp3) is 0.526. The zero-order valence-electron chi connectivity index (χ0n) is 15.6. The Morgan fingerprint density at radius 1 is 1.24 bits per heavy atom. The summed E-state index contributed by atoms with van der Waals surface area (Å²) in [5.74, 6) is 0.809. The zero-order valence-corrected chi connectivity index (χ0v) is 16.5. The summed E-state index contributed by atoms with van der Waals surface area (Å²) < 4.78 is 7.97. The van der Waals surface area contributed by atoms with Crippen LogP contribution in [-0.4, -0.2) is 16.5 Å². The highest BCUT2D eigenvalue weighted by Crippen LogP contribution is 2.42. The third kappa shape index (κ3) is 2.92. The molecule has 1 aromatic carbocycles. The largest absolute Gasteiger partial charge is 0.872 e. The third-order valence-corrected chi connectivity index (χ3v) is 6.18. The number of aryl methyl sites for hydroxylation is 2. The number of ether oxygens (including phenoxy) is 1. The molecular weight excluding hydrogens is 336 g/mol. The maximum absolute atomic E-state index is 13.0. The minimum absolute atomic E-state index is 0.0115. The topological polar surface area (TPSA) is 66.1 Å². The average molecular weight is 360 g/mol. The lowest BCUT2D eigenvalue weighted by Crippen LogP contribution is -2.53. The van der Waals surface area contributed by atoms with Gasteiger partial charge in [0.2, 0.25) is 12.3 Å². The zero-order chi connectivity index (χ0) is 18.5. The van der Waals surface area contributed by atoms with Gasteiger partial charge in [-0.3, -0.25) is 4.79 Å². The number of carbonyl (C=O) groups excluding carboxylic acids is 1. The van der Waals surface area contributed by atoms with Crippen LogP contribution in [0.2, 0.25) is 0 Å². The number of Topliss-reactive ketones (excluding diaryl/α,β-unsaturated/α-hetero) is 1. The van der Waals surface area contributed by atoms with E-state index < -0.39 is 5.60 Å². The van der Waals surface area contributed by atoms with Gasteiger partial charge in [0.15, 0.2) is 10.6 Å². The second-order valence-corrected chi connectivity index (χ2v) is 8.45. The first kappa shape index (κ1) is 17.9. The quantitative estimate of drug-likeness (QED) is 0.789. The van der Waals surface area contributed by atoms with Crippen LogP contribution in [0.15, 0.2) is 0 Å². The van der Waals surface area contributed by atoms with Gasteiger partial charge in [-0.1, -0.05) is 27.1 Å². The van der Waals surface area contributed by atoms with Crippen molar-refractivity contribution >= 4 is 17.1 Å². The molecule has 0 saturated heterocycles. The molecule has 1 aliphatic heterocycles. The summed E-state index contributed by atoms with van der Waals surface area (Å²) in [6, 6.07) is 0. The van der Waals surface area contributed by atoms with E-state index >= 15 is 0 Å². The molecule has 25 heavy (non-hydrogen) atoms. The van der Waals surface area contributed by atoms with Gasteiger partial charge in [0, 0.05) is 12.0 Å². The van der Waals surface area contributed by atoms with Crippen molar-refractivity contribution in [1.29, 1.82) is 0 Å². The van der Waals surface area contributed by atoms with E-state index in [1.165, 1.54) is 0 Å².